The number of alkyl halides is 3. The van der Waals surface area contributed by atoms with Crippen molar-refractivity contribution in [1.29, 1.82) is 0 Å². The largest absolute Gasteiger partial charge is 0.406 e. The van der Waals surface area contributed by atoms with Crippen LogP contribution >= 0.6 is 0 Å². The molecule has 0 aliphatic rings. The number of nitrogens with zero attached hydrogens (tertiary/aromatic N) is 1. The van der Waals surface area contributed by atoms with Crippen molar-refractivity contribution in [1.82, 2.24) is 10.2 Å². The van der Waals surface area contributed by atoms with Gasteiger partial charge < -0.3 is 10.2 Å². The number of hydrogen-bond acceptors (Lipinski definition) is 2. The Bertz CT molecular complexity index is 592. The van der Waals surface area contributed by atoms with Gasteiger partial charge in [0.15, 0.2) is 0 Å². The van der Waals surface area contributed by atoms with E-state index in [1.807, 2.05) is 0 Å². The number of carbonyl (C=O) groups is 2. The highest BCUT2D eigenvalue weighted by molar-refractivity contribution is 5.94. The molecule has 0 radical (unpaired) electrons. The fraction of sp³-hybridized carbons (Fsp3) is 0.250. The normalized spacial score (nSPS) is 11.3. The molecule has 0 saturated carbocycles. The molecular formula is C16H17F3N2O2. The van der Waals surface area contributed by atoms with Gasteiger partial charge in [-0.25, -0.2) is 0 Å². The van der Waals surface area contributed by atoms with E-state index in [-0.39, 0.29) is 12.5 Å². The standard InChI is InChI=1S/C16H17F3N2O2/c1-3-10-21(11-16(17,18)19)14(22)9-6-12-4-7-13(8-5-12)15(23)20-2/h3-9H,1,10-11H2,2H3,(H,20,23)/b9-6-. The molecule has 0 spiro atoms. The summed E-state index contributed by atoms with van der Waals surface area (Å²) in [6, 6.07) is 6.30. The lowest BCUT2D eigenvalue weighted by Gasteiger charge is -2.20. The average molecular weight is 326 g/mol. The minimum absolute atomic E-state index is 0.196. The number of halogens is 3. The molecule has 0 aliphatic carbocycles. The summed E-state index contributed by atoms with van der Waals surface area (Å²) < 4.78 is 37.2. The van der Waals surface area contributed by atoms with Gasteiger partial charge in [-0.05, 0) is 23.8 Å². The zero-order valence-corrected chi connectivity index (χ0v) is 12.6. The maximum absolute atomic E-state index is 12.4. The Morgan fingerprint density at radius 2 is 1.87 bits per heavy atom. The van der Waals surface area contributed by atoms with E-state index in [4.69, 9.17) is 0 Å². The zero-order valence-electron chi connectivity index (χ0n) is 12.6. The minimum Gasteiger partial charge on any atom is -0.355 e. The highest BCUT2D eigenvalue weighted by atomic mass is 19.4. The van der Waals surface area contributed by atoms with Crippen molar-refractivity contribution >= 4 is 17.9 Å². The third-order valence-electron chi connectivity index (χ3n) is 2.85. The lowest BCUT2D eigenvalue weighted by Crippen LogP contribution is -2.38. The second kappa shape index (κ2) is 8.17. The van der Waals surface area contributed by atoms with Gasteiger partial charge in [0.05, 0.1) is 0 Å². The van der Waals surface area contributed by atoms with E-state index in [0.29, 0.717) is 16.0 Å². The van der Waals surface area contributed by atoms with Gasteiger partial charge in [0.25, 0.3) is 5.91 Å². The lowest BCUT2D eigenvalue weighted by atomic mass is 10.1. The molecule has 1 rings (SSSR count). The number of nitrogens with one attached hydrogen (secondary N) is 1. The molecule has 1 aromatic carbocycles. The molecule has 23 heavy (non-hydrogen) atoms. The second-order valence-electron chi connectivity index (χ2n) is 4.66. The Kier molecular flexibility index (Phi) is 6.56. The summed E-state index contributed by atoms with van der Waals surface area (Å²) in [5.74, 6) is -1.02. The first-order chi connectivity index (χ1) is 10.8. The molecule has 4 nitrogen and oxygen atoms in total. The first-order valence-corrected chi connectivity index (χ1v) is 6.73. The van der Waals surface area contributed by atoms with Crippen molar-refractivity contribution in [2.75, 3.05) is 20.1 Å². The summed E-state index contributed by atoms with van der Waals surface area (Å²) in [6.07, 6.45) is -0.788. The van der Waals surface area contributed by atoms with Crippen LogP contribution in [-0.4, -0.2) is 43.0 Å². The highest BCUT2D eigenvalue weighted by Gasteiger charge is 2.31. The maximum Gasteiger partial charge on any atom is 0.406 e. The first kappa shape index (κ1) is 18.5. The summed E-state index contributed by atoms with van der Waals surface area (Å²) in [7, 11) is 1.50. The van der Waals surface area contributed by atoms with Gasteiger partial charge >= 0.3 is 6.18 Å². The fourth-order valence-corrected chi connectivity index (χ4v) is 1.77. The average Bonchev–Trinajstić information content (AvgIpc) is 2.50. The smallest absolute Gasteiger partial charge is 0.355 e. The van der Waals surface area contributed by atoms with Crippen LogP contribution in [0.5, 0.6) is 0 Å². The number of rotatable bonds is 6. The molecule has 7 heteroatoms. The Balaban J connectivity index is 2.79. The van der Waals surface area contributed by atoms with Gasteiger partial charge in [0, 0.05) is 25.2 Å². The molecule has 0 saturated heterocycles. The van der Waals surface area contributed by atoms with Crippen LogP contribution in [-0.2, 0) is 4.79 Å². The van der Waals surface area contributed by atoms with Gasteiger partial charge in [-0.2, -0.15) is 13.2 Å². The van der Waals surface area contributed by atoms with E-state index in [1.54, 1.807) is 24.3 Å². The maximum atomic E-state index is 12.4. The van der Waals surface area contributed by atoms with Crippen molar-refractivity contribution in [3.8, 4) is 0 Å². The number of hydrogen-bond donors (Lipinski definition) is 1. The molecule has 0 aliphatic heterocycles. The van der Waals surface area contributed by atoms with Crippen molar-refractivity contribution in [3.63, 3.8) is 0 Å². The molecular weight excluding hydrogens is 309 g/mol. The molecule has 0 unspecified atom stereocenters. The van der Waals surface area contributed by atoms with Gasteiger partial charge in [-0.3, -0.25) is 9.59 Å². The summed E-state index contributed by atoms with van der Waals surface area (Å²) in [5.41, 5.74) is 1.04. The number of amides is 2. The summed E-state index contributed by atoms with van der Waals surface area (Å²) in [6.45, 7) is 1.81. The zero-order chi connectivity index (χ0) is 17.5. The highest BCUT2D eigenvalue weighted by Crippen LogP contribution is 2.17. The van der Waals surface area contributed by atoms with Crippen LogP contribution in [0.1, 0.15) is 15.9 Å². The summed E-state index contributed by atoms with van der Waals surface area (Å²) >= 11 is 0. The molecule has 0 heterocycles. The quantitative estimate of drug-likeness (QED) is 0.645. The Labute approximate surface area is 132 Å². The topological polar surface area (TPSA) is 49.4 Å². The molecule has 0 aromatic heterocycles. The Morgan fingerprint density at radius 1 is 1.26 bits per heavy atom. The SMILES string of the molecule is C=CCN(CC(F)(F)F)C(=O)/C=C\c1ccc(C(=O)NC)cc1. The summed E-state index contributed by atoms with van der Waals surface area (Å²) in [4.78, 5) is 23.9. The second-order valence-corrected chi connectivity index (χ2v) is 4.66. The molecule has 1 aromatic rings. The molecule has 0 bridgehead atoms. The molecule has 0 fully saturated rings. The van der Waals surface area contributed by atoms with E-state index in [9.17, 15) is 22.8 Å². The third kappa shape index (κ3) is 6.37. The Morgan fingerprint density at radius 3 is 2.35 bits per heavy atom. The van der Waals surface area contributed by atoms with Gasteiger partial charge in [-0.1, -0.05) is 18.2 Å². The molecule has 2 amide bonds. The van der Waals surface area contributed by atoms with Crippen LogP contribution in [0.3, 0.4) is 0 Å². The van der Waals surface area contributed by atoms with E-state index in [2.05, 4.69) is 11.9 Å². The molecule has 124 valence electrons. The first-order valence-electron chi connectivity index (χ1n) is 6.73. The Hall–Kier alpha value is -2.57. The molecule has 0 atom stereocenters. The predicted octanol–water partition coefficient (Wildman–Crippen LogP) is 2.64. The minimum atomic E-state index is -4.47. The van der Waals surface area contributed by atoms with Crippen LogP contribution in [0.15, 0.2) is 43.0 Å². The van der Waals surface area contributed by atoms with Crippen molar-refractivity contribution in [2.45, 2.75) is 6.18 Å². The third-order valence-corrected chi connectivity index (χ3v) is 2.85. The van der Waals surface area contributed by atoms with Gasteiger partial charge in [-0.15, -0.1) is 6.58 Å². The monoisotopic (exact) mass is 326 g/mol. The van der Waals surface area contributed by atoms with Crippen LogP contribution in [0, 0.1) is 0 Å². The van der Waals surface area contributed by atoms with E-state index < -0.39 is 18.6 Å². The predicted molar refractivity (Wildman–Crippen MR) is 81.7 cm³/mol. The van der Waals surface area contributed by atoms with Crippen LogP contribution < -0.4 is 5.32 Å². The van der Waals surface area contributed by atoms with E-state index >= 15 is 0 Å². The lowest BCUT2D eigenvalue weighted by molar-refractivity contribution is -0.157. The van der Waals surface area contributed by atoms with Crippen LogP contribution in [0.4, 0.5) is 13.2 Å². The van der Waals surface area contributed by atoms with Gasteiger partial charge in [0.1, 0.15) is 6.54 Å². The van der Waals surface area contributed by atoms with Crippen molar-refractivity contribution in [2.24, 2.45) is 0 Å². The summed E-state index contributed by atoms with van der Waals surface area (Å²) in [5, 5.41) is 2.47. The fourth-order valence-electron chi connectivity index (χ4n) is 1.77. The molecule has 1 N–H and O–H groups in total. The number of benzene rings is 1. The van der Waals surface area contributed by atoms with Crippen molar-refractivity contribution in [3.05, 3.63) is 54.1 Å². The van der Waals surface area contributed by atoms with Gasteiger partial charge in [0.2, 0.25) is 5.91 Å². The van der Waals surface area contributed by atoms with E-state index in [1.165, 1.54) is 19.2 Å². The number of carbonyl (C=O) groups excluding carboxylic acids is 2. The van der Waals surface area contributed by atoms with E-state index in [0.717, 1.165) is 6.08 Å². The van der Waals surface area contributed by atoms with Crippen molar-refractivity contribution < 1.29 is 22.8 Å². The van der Waals surface area contributed by atoms with Crippen LogP contribution in [0.25, 0.3) is 6.08 Å². The van der Waals surface area contributed by atoms with Crippen LogP contribution in [0.2, 0.25) is 0 Å².